The van der Waals surface area contributed by atoms with E-state index in [1.807, 2.05) is 0 Å². The molecule has 1 rings (SSSR count). The summed E-state index contributed by atoms with van der Waals surface area (Å²) in [6, 6.07) is 0. The first-order valence-corrected chi connectivity index (χ1v) is 4.87. The summed E-state index contributed by atoms with van der Waals surface area (Å²) < 4.78 is 0. The summed E-state index contributed by atoms with van der Waals surface area (Å²) in [4.78, 5) is 11.4. The van der Waals surface area contributed by atoms with Crippen molar-refractivity contribution < 1.29 is 4.79 Å². The molecule has 1 saturated carbocycles. The predicted molar refractivity (Wildman–Crippen MR) is 48.8 cm³/mol. The Labute approximate surface area is 74.5 Å². The molecule has 0 atom stereocenters. The lowest BCUT2D eigenvalue weighted by atomic mass is 9.77. The first-order chi connectivity index (χ1) is 5.71. The van der Waals surface area contributed by atoms with Crippen LogP contribution < -0.4 is 5.73 Å². The van der Waals surface area contributed by atoms with E-state index in [0.717, 1.165) is 25.7 Å². The Hall–Kier alpha value is -0.370. The van der Waals surface area contributed by atoms with Crippen molar-refractivity contribution in [2.75, 3.05) is 6.54 Å². The third-order valence-electron chi connectivity index (χ3n) is 3.15. The largest absolute Gasteiger partial charge is 0.299 e. The molecule has 1 aliphatic rings. The second kappa shape index (κ2) is 4.04. The molecule has 0 aliphatic heterocycles. The van der Waals surface area contributed by atoms with Crippen LogP contribution >= 0.6 is 0 Å². The van der Waals surface area contributed by atoms with Gasteiger partial charge in [0.25, 0.3) is 0 Å². The second-order valence-electron chi connectivity index (χ2n) is 3.93. The number of rotatable bonds is 2. The van der Waals surface area contributed by atoms with Gasteiger partial charge in [0, 0.05) is 12.0 Å². The molecule has 0 bridgehead atoms. The molecule has 0 spiro atoms. The van der Waals surface area contributed by atoms with Gasteiger partial charge in [0.15, 0.2) is 0 Å². The van der Waals surface area contributed by atoms with Crippen molar-refractivity contribution in [3.63, 3.8) is 0 Å². The van der Waals surface area contributed by atoms with E-state index in [2.05, 4.69) is 0 Å². The van der Waals surface area contributed by atoms with E-state index >= 15 is 0 Å². The molecule has 0 amide bonds. The second-order valence-corrected chi connectivity index (χ2v) is 3.93. The Bertz CT molecular complexity index is 157. The molecule has 2 heteroatoms. The van der Waals surface area contributed by atoms with Gasteiger partial charge >= 0.3 is 0 Å². The smallest absolute Gasteiger partial charge is 0.137 e. The lowest BCUT2D eigenvalue weighted by molar-refractivity contribution is -0.126. The fraction of sp³-hybridized carbons (Fsp3) is 0.900. The van der Waals surface area contributed by atoms with Gasteiger partial charge in [-0.1, -0.05) is 25.7 Å². The highest BCUT2D eigenvalue weighted by atomic mass is 16.1. The third kappa shape index (κ3) is 1.86. The molecule has 2 nitrogen and oxygen atoms in total. The average molecular weight is 168 g/mol. The van der Waals surface area contributed by atoms with E-state index in [-0.39, 0.29) is 11.2 Å². The molecule has 1 N–H and O–H groups in total. The maximum absolute atomic E-state index is 11.4. The summed E-state index contributed by atoms with van der Waals surface area (Å²) in [5.74, 6) is 0.236. The maximum atomic E-state index is 11.4. The van der Waals surface area contributed by atoms with Crippen LogP contribution in [-0.2, 0) is 4.79 Å². The van der Waals surface area contributed by atoms with Crippen LogP contribution in [0.15, 0.2) is 0 Å². The molecular weight excluding hydrogens is 150 g/mol. The van der Waals surface area contributed by atoms with Crippen LogP contribution in [0.2, 0.25) is 0 Å². The Kier molecular flexibility index (Phi) is 3.27. The zero-order chi connectivity index (χ0) is 9.03. The molecule has 1 radical (unpaired) electrons. The molecule has 0 saturated heterocycles. The van der Waals surface area contributed by atoms with E-state index in [9.17, 15) is 4.79 Å². The van der Waals surface area contributed by atoms with Gasteiger partial charge in [-0.3, -0.25) is 10.5 Å². The van der Waals surface area contributed by atoms with Crippen LogP contribution in [0.3, 0.4) is 0 Å². The molecule has 0 heterocycles. The summed E-state index contributed by atoms with van der Waals surface area (Å²) >= 11 is 0. The summed E-state index contributed by atoms with van der Waals surface area (Å²) in [6.45, 7) is 1.95. The van der Waals surface area contributed by atoms with Crippen molar-refractivity contribution in [1.29, 1.82) is 0 Å². The van der Waals surface area contributed by atoms with Gasteiger partial charge in [0.1, 0.15) is 5.78 Å². The Balaban J connectivity index is 2.68. The van der Waals surface area contributed by atoms with Crippen molar-refractivity contribution >= 4 is 5.78 Å². The van der Waals surface area contributed by atoms with Crippen molar-refractivity contribution in [2.45, 2.75) is 45.4 Å². The predicted octanol–water partition coefficient (Wildman–Crippen LogP) is 2.20. The Morgan fingerprint density at radius 2 is 1.75 bits per heavy atom. The molecule has 1 aliphatic carbocycles. The number of Topliss-reactive ketones (excluding diaryl/α,β-unsaturated/α-hetero) is 1. The fourth-order valence-electron chi connectivity index (χ4n) is 2.06. The van der Waals surface area contributed by atoms with Crippen LogP contribution in [0.5, 0.6) is 0 Å². The zero-order valence-corrected chi connectivity index (χ0v) is 7.86. The number of ketones is 1. The van der Waals surface area contributed by atoms with Gasteiger partial charge in [-0.05, 0) is 19.8 Å². The molecule has 0 unspecified atom stereocenters. The van der Waals surface area contributed by atoms with E-state index in [1.165, 1.54) is 12.8 Å². The quantitative estimate of drug-likeness (QED) is 0.583. The minimum Gasteiger partial charge on any atom is -0.299 e. The SMILES string of the molecule is CC(=O)C1(C[NH])CCCCCC1. The maximum Gasteiger partial charge on any atom is 0.137 e. The summed E-state index contributed by atoms with van der Waals surface area (Å²) in [6.07, 6.45) is 6.67. The standard InChI is InChI=1S/C10H18NO/c1-9(12)10(8-11)6-4-2-3-5-7-10/h11H,2-8H2,1H3. The molecule has 0 aromatic heterocycles. The van der Waals surface area contributed by atoms with E-state index in [4.69, 9.17) is 5.73 Å². The van der Waals surface area contributed by atoms with Gasteiger partial charge < -0.3 is 0 Å². The van der Waals surface area contributed by atoms with Crippen molar-refractivity contribution in [3.05, 3.63) is 0 Å². The van der Waals surface area contributed by atoms with E-state index in [1.54, 1.807) is 6.92 Å². The molecule has 0 aromatic carbocycles. The third-order valence-corrected chi connectivity index (χ3v) is 3.15. The average Bonchev–Trinajstić information content (AvgIpc) is 2.29. The van der Waals surface area contributed by atoms with Crippen LogP contribution in [0.4, 0.5) is 0 Å². The fourth-order valence-corrected chi connectivity index (χ4v) is 2.06. The van der Waals surface area contributed by atoms with Gasteiger partial charge in [-0.25, -0.2) is 0 Å². The van der Waals surface area contributed by atoms with Crippen molar-refractivity contribution in [1.82, 2.24) is 5.73 Å². The highest BCUT2D eigenvalue weighted by molar-refractivity contribution is 5.82. The van der Waals surface area contributed by atoms with Crippen LogP contribution in [0, 0.1) is 5.41 Å². The number of hydrogen-bond donors (Lipinski definition) is 0. The summed E-state index contributed by atoms with van der Waals surface area (Å²) in [5, 5.41) is 0. The molecular formula is C10H18NO. The van der Waals surface area contributed by atoms with E-state index in [0.29, 0.717) is 6.54 Å². The summed E-state index contributed by atoms with van der Waals surface area (Å²) in [7, 11) is 0. The molecule has 69 valence electrons. The molecule has 12 heavy (non-hydrogen) atoms. The van der Waals surface area contributed by atoms with Gasteiger partial charge in [-0.2, -0.15) is 0 Å². The monoisotopic (exact) mass is 168 g/mol. The topological polar surface area (TPSA) is 40.9 Å². The van der Waals surface area contributed by atoms with Gasteiger partial charge in [-0.15, -0.1) is 0 Å². The first kappa shape index (κ1) is 9.72. The normalized spacial score (nSPS) is 23.2. The molecule has 1 fully saturated rings. The minimum atomic E-state index is -0.267. The van der Waals surface area contributed by atoms with Crippen LogP contribution in [0.1, 0.15) is 45.4 Å². The Morgan fingerprint density at radius 3 is 2.08 bits per heavy atom. The number of carbonyl (C=O) groups excluding carboxylic acids is 1. The van der Waals surface area contributed by atoms with Crippen LogP contribution in [-0.4, -0.2) is 12.3 Å². The van der Waals surface area contributed by atoms with Crippen molar-refractivity contribution in [2.24, 2.45) is 5.41 Å². The Morgan fingerprint density at radius 1 is 1.25 bits per heavy atom. The zero-order valence-electron chi connectivity index (χ0n) is 7.86. The lowest BCUT2D eigenvalue weighted by Gasteiger charge is -2.27. The lowest BCUT2D eigenvalue weighted by Crippen LogP contribution is -2.33. The van der Waals surface area contributed by atoms with Gasteiger partial charge in [0.2, 0.25) is 0 Å². The van der Waals surface area contributed by atoms with Gasteiger partial charge in [0.05, 0.1) is 0 Å². The van der Waals surface area contributed by atoms with Crippen LogP contribution in [0.25, 0.3) is 0 Å². The number of carbonyl (C=O) groups is 1. The highest BCUT2D eigenvalue weighted by Gasteiger charge is 2.34. The highest BCUT2D eigenvalue weighted by Crippen LogP contribution is 2.35. The number of nitrogens with one attached hydrogen (secondary N) is 1. The summed E-state index contributed by atoms with van der Waals surface area (Å²) in [5.41, 5.74) is 7.18. The first-order valence-electron chi connectivity index (χ1n) is 4.87. The van der Waals surface area contributed by atoms with Crippen molar-refractivity contribution in [3.8, 4) is 0 Å². The molecule has 0 aromatic rings. The van der Waals surface area contributed by atoms with E-state index < -0.39 is 0 Å². The minimum absolute atomic E-state index is 0.236. The number of hydrogen-bond acceptors (Lipinski definition) is 1.